The van der Waals surface area contributed by atoms with Crippen LogP contribution in [0, 0.1) is 0 Å². The fraction of sp³-hybridized carbons (Fsp3) is 0.118. The molecule has 0 unspecified atom stereocenters. The molecule has 0 radical (unpaired) electrons. The standard InChI is InChI=1S/C17H14BrClN4OS/c1-24-16-7-4-13(8-15(16)18)9-21-23-11-20-22-17(23)25-10-12-2-5-14(19)6-3-12/h2-9,11H,10H2,1H3/b21-9+. The molecule has 3 aromatic rings. The number of thioether (sulfide) groups is 1. The van der Waals surface area contributed by atoms with Crippen LogP contribution in [0.15, 0.2) is 63.5 Å². The molecular weight excluding hydrogens is 424 g/mol. The molecule has 8 heteroatoms. The molecule has 2 aromatic carbocycles. The van der Waals surface area contributed by atoms with Crippen molar-refractivity contribution >= 4 is 45.5 Å². The quantitative estimate of drug-likeness (QED) is 0.407. The van der Waals surface area contributed by atoms with E-state index in [0.29, 0.717) is 0 Å². The van der Waals surface area contributed by atoms with Crippen molar-refractivity contribution in [2.75, 3.05) is 7.11 Å². The lowest BCUT2D eigenvalue weighted by atomic mass is 10.2. The van der Waals surface area contributed by atoms with E-state index in [0.717, 1.165) is 37.3 Å². The normalized spacial score (nSPS) is 11.2. The van der Waals surface area contributed by atoms with E-state index in [-0.39, 0.29) is 0 Å². The molecular formula is C17H14BrClN4OS. The average Bonchev–Trinajstić information content (AvgIpc) is 3.07. The third kappa shape index (κ3) is 4.84. The summed E-state index contributed by atoms with van der Waals surface area (Å²) in [7, 11) is 1.63. The van der Waals surface area contributed by atoms with Crippen LogP contribution >= 0.6 is 39.3 Å². The Bertz CT molecular complexity index is 883. The maximum atomic E-state index is 5.90. The smallest absolute Gasteiger partial charge is 0.212 e. The summed E-state index contributed by atoms with van der Waals surface area (Å²) in [6.07, 6.45) is 3.33. The highest BCUT2D eigenvalue weighted by Crippen LogP contribution is 2.25. The minimum atomic E-state index is 0.721. The van der Waals surface area contributed by atoms with Crippen LogP contribution < -0.4 is 4.74 Å². The van der Waals surface area contributed by atoms with Crippen molar-refractivity contribution in [2.24, 2.45) is 5.10 Å². The average molecular weight is 438 g/mol. The monoisotopic (exact) mass is 436 g/mol. The van der Waals surface area contributed by atoms with Gasteiger partial charge in [0.1, 0.15) is 12.1 Å². The highest BCUT2D eigenvalue weighted by Gasteiger charge is 2.05. The predicted octanol–water partition coefficient (Wildman–Crippen LogP) is 4.88. The maximum Gasteiger partial charge on any atom is 0.212 e. The van der Waals surface area contributed by atoms with Crippen LogP contribution in [-0.4, -0.2) is 28.2 Å². The minimum Gasteiger partial charge on any atom is -0.496 e. The zero-order valence-corrected chi connectivity index (χ0v) is 16.4. The van der Waals surface area contributed by atoms with E-state index in [9.17, 15) is 0 Å². The van der Waals surface area contributed by atoms with Gasteiger partial charge in [0.05, 0.1) is 17.8 Å². The highest BCUT2D eigenvalue weighted by atomic mass is 79.9. The molecule has 3 rings (SSSR count). The minimum absolute atomic E-state index is 0.721. The number of aromatic nitrogens is 3. The van der Waals surface area contributed by atoms with Crippen molar-refractivity contribution in [3.8, 4) is 5.75 Å². The number of hydrogen-bond acceptors (Lipinski definition) is 5. The lowest BCUT2D eigenvalue weighted by molar-refractivity contribution is 0.412. The van der Waals surface area contributed by atoms with Gasteiger partial charge >= 0.3 is 0 Å². The van der Waals surface area contributed by atoms with Gasteiger partial charge in [-0.1, -0.05) is 35.5 Å². The van der Waals surface area contributed by atoms with Crippen molar-refractivity contribution in [3.63, 3.8) is 0 Å². The number of halogens is 2. The molecule has 128 valence electrons. The molecule has 0 N–H and O–H groups in total. The zero-order valence-electron chi connectivity index (χ0n) is 13.3. The topological polar surface area (TPSA) is 52.3 Å². The van der Waals surface area contributed by atoms with Crippen LogP contribution in [0.4, 0.5) is 0 Å². The molecule has 0 spiro atoms. The molecule has 0 fully saturated rings. The van der Waals surface area contributed by atoms with Crippen LogP contribution in [0.1, 0.15) is 11.1 Å². The summed E-state index contributed by atoms with van der Waals surface area (Å²) in [6, 6.07) is 13.5. The molecule has 0 saturated carbocycles. The van der Waals surface area contributed by atoms with E-state index < -0.39 is 0 Å². The number of hydrogen-bond donors (Lipinski definition) is 0. The molecule has 0 aliphatic carbocycles. The SMILES string of the molecule is COc1ccc(/C=N/n2cnnc2SCc2ccc(Cl)cc2)cc1Br. The Kier molecular flexibility index (Phi) is 6.12. The third-order valence-electron chi connectivity index (χ3n) is 3.29. The van der Waals surface area contributed by atoms with Crippen LogP contribution in [0.5, 0.6) is 5.75 Å². The molecule has 1 heterocycles. The molecule has 25 heavy (non-hydrogen) atoms. The Morgan fingerprint density at radius 2 is 2.08 bits per heavy atom. The van der Waals surface area contributed by atoms with E-state index >= 15 is 0 Å². The molecule has 0 aliphatic heterocycles. The second-order valence-electron chi connectivity index (χ2n) is 5.01. The van der Waals surface area contributed by atoms with Gasteiger partial charge in [0.25, 0.3) is 0 Å². The Morgan fingerprint density at radius 3 is 2.80 bits per heavy atom. The lowest BCUT2D eigenvalue weighted by Crippen LogP contribution is -1.93. The third-order valence-corrected chi connectivity index (χ3v) is 5.16. The highest BCUT2D eigenvalue weighted by molar-refractivity contribution is 9.10. The van der Waals surface area contributed by atoms with Crippen molar-refractivity contribution in [1.29, 1.82) is 0 Å². The van der Waals surface area contributed by atoms with Crippen molar-refractivity contribution in [3.05, 3.63) is 69.4 Å². The number of benzene rings is 2. The van der Waals surface area contributed by atoms with Gasteiger partial charge in [-0.25, -0.2) is 0 Å². The molecule has 5 nitrogen and oxygen atoms in total. The molecule has 1 aromatic heterocycles. The molecule has 0 amide bonds. The van der Waals surface area contributed by atoms with Crippen molar-refractivity contribution in [1.82, 2.24) is 14.9 Å². The van der Waals surface area contributed by atoms with E-state index in [4.69, 9.17) is 16.3 Å². The predicted molar refractivity (Wildman–Crippen MR) is 105 cm³/mol. The number of nitrogens with zero attached hydrogens (tertiary/aromatic N) is 4. The number of rotatable bonds is 6. The van der Waals surface area contributed by atoms with Gasteiger partial charge in [0.2, 0.25) is 5.16 Å². The Labute approximate surface area is 163 Å². The zero-order chi connectivity index (χ0) is 17.6. The molecule has 0 aliphatic rings. The van der Waals surface area contributed by atoms with Crippen LogP contribution in [0.25, 0.3) is 0 Å². The van der Waals surface area contributed by atoms with E-state index in [1.165, 1.54) is 0 Å². The summed E-state index contributed by atoms with van der Waals surface area (Å²) in [5, 5.41) is 13.9. The van der Waals surface area contributed by atoms with Crippen LogP contribution in [0.2, 0.25) is 5.02 Å². The Balaban J connectivity index is 1.68. The van der Waals surface area contributed by atoms with Crippen LogP contribution in [-0.2, 0) is 5.75 Å². The summed E-state index contributed by atoms with van der Waals surface area (Å²) in [5.41, 5.74) is 2.10. The Morgan fingerprint density at radius 1 is 1.28 bits per heavy atom. The van der Waals surface area contributed by atoms with Gasteiger partial charge in [0.15, 0.2) is 0 Å². The first-order chi connectivity index (χ1) is 12.2. The molecule has 0 atom stereocenters. The second kappa shape index (κ2) is 8.51. The van der Waals surface area contributed by atoms with E-state index in [2.05, 4.69) is 31.2 Å². The number of ether oxygens (including phenoxy) is 1. The van der Waals surface area contributed by atoms with E-state index in [1.807, 2.05) is 42.5 Å². The van der Waals surface area contributed by atoms with Gasteiger partial charge in [-0.3, -0.25) is 0 Å². The fourth-order valence-corrected chi connectivity index (χ4v) is 3.52. The molecule has 0 bridgehead atoms. The van der Waals surface area contributed by atoms with Gasteiger partial charge < -0.3 is 4.74 Å². The number of methoxy groups -OCH3 is 1. The van der Waals surface area contributed by atoms with Gasteiger partial charge in [-0.05, 0) is 57.4 Å². The lowest BCUT2D eigenvalue weighted by Gasteiger charge is -2.04. The Hall–Kier alpha value is -1.83. The van der Waals surface area contributed by atoms with Gasteiger partial charge in [0, 0.05) is 10.8 Å². The molecule has 0 saturated heterocycles. The summed E-state index contributed by atoms with van der Waals surface area (Å²) in [6.45, 7) is 0. The van der Waals surface area contributed by atoms with Crippen molar-refractivity contribution < 1.29 is 4.74 Å². The van der Waals surface area contributed by atoms with Crippen molar-refractivity contribution in [2.45, 2.75) is 10.9 Å². The van der Waals surface area contributed by atoms with Gasteiger partial charge in [-0.2, -0.15) is 9.78 Å². The van der Waals surface area contributed by atoms with Crippen LogP contribution in [0.3, 0.4) is 0 Å². The first-order valence-corrected chi connectivity index (χ1v) is 9.46. The summed E-state index contributed by atoms with van der Waals surface area (Å²) in [4.78, 5) is 0. The summed E-state index contributed by atoms with van der Waals surface area (Å²) >= 11 is 10.9. The first-order valence-electron chi connectivity index (χ1n) is 7.31. The van der Waals surface area contributed by atoms with Gasteiger partial charge in [-0.15, -0.1) is 10.2 Å². The summed E-state index contributed by atoms with van der Waals surface area (Å²) < 4.78 is 7.75. The van der Waals surface area contributed by atoms with E-state index in [1.54, 1.807) is 36.1 Å². The summed E-state index contributed by atoms with van der Waals surface area (Å²) in [5.74, 6) is 1.54. The maximum absolute atomic E-state index is 5.90. The fourth-order valence-electron chi connectivity index (χ4n) is 2.01. The largest absolute Gasteiger partial charge is 0.496 e. The first kappa shape index (κ1) is 18.0. The second-order valence-corrected chi connectivity index (χ2v) is 7.25.